The minimum Gasteiger partial charge on any atom is -0.460 e. The van der Waals surface area contributed by atoms with Crippen molar-refractivity contribution in [3.63, 3.8) is 0 Å². The van der Waals surface area contributed by atoms with Gasteiger partial charge in [-0.15, -0.1) is 0 Å². The molecule has 0 aliphatic carbocycles. The van der Waals surface area contributed by atoms with E-state index < -0.39 is 5.79 Å². The normalized spacial score (nSPS) is 24.7. The molecule has 0 aromatic heterocycles. The third-order valence-electron chi connectivity index (χ3n) is 3.45. The molecule has 0 saturated carbocycles. The average Bonchev–Trinajstić information content (AvgIpc) is 3.08. The number of ether oxygens (including phenoxy) is 3. The van der Waals surface area contributed by atoms with E-state index in [1.807, 2.05) is 30.3 Å². The molecule has 2 aliphatic heterocycles. The lowest BCUT2D eigenvalue weighted by molar-refractivity contribution is -0.154. The Hall–Kier alpha value is -1.43. The lowest BCUT2D eigenvalue weighted by atomic mass is 10.1. The second-order valence-electron chi connectivity index (χ2n) is 4.84. The van der Waals surface area contributed by atoms with E-state index in [1.165, 1.54) is 0 Å². The van der Waals surface area contributed by atoms with Crippen LogP contribution in [0.3, 0.4) is 0 Å². The van der Waals surface area contributed by atoms with Gasteiger partial charge in [0.2, 0.25) is 0 Å². The Morgan fingerprint density at radius 3 is 2.79 bits per heavy atom. The Bertz CT molecular complexity index is 442. The van der Waals surface area contributed by atoms with Gasteiger partial charge in [0.25, 0.3) is 0 Å². The van der Waals surface area contributed by atoms with Crippen LogP contribution in [0.2, 0.25) is 0 Å². The van der Waals surface area contributed by atoms with Crippen LogP contribution in [-0.4, -0.2) is 37.6 Å². The molecule has 0 radical (unpaired) electrons. The van der Waals surface area contributed by atoms with Gasteiger partial charge in [-0.25, -0.2) is 0 Å². The summed E-state index contributed by atoms with van der Waals surface area (Å²) in [5.74, 6) is -0.865. The zero-order chi connectivity index (χ0) is 13.1. The Labute approximate surface area is 111 Å². The van der Waals surface area contributed by atoms with Gasteiger partial charge in [0.05, 0.1) is 19.8 Å². The SMILES string of the molecule is O=C(OCc1ccccc1)[C@@H]1CC2(CN1)OCCO2. The summed E-state index contributed by atoms with van der Waals surface area (Å²) in [6.07, 6.45) is 0.515. The molecule has 0 bridgehead atoms. The monoisotopic (exact) mass is 263 g/mol. The van der Waals surface area contributed by atoms with Crippen molar-refractivity contribution in [2.75, 3.05) is 19.8 Å². The van der Waals surface area contributed by atoms with E-state index in [-0.39, 0.29) is 12.0 Å². The van der Waals surface area contributed by atoms with Crippen LogP contribution in [0.25, 0.3) is 0 Å². The van der Waals surface area contributed by atoms with Crippen molar-refractivity contribution >= 4 is 5.97 Å². The van der Waals surface area contributed by atoms with Crippen LogP contribution in [0.5, 0.6) is 0 Å². The topological polar surface area (TPSA) is 56.8 Å². The summed E-state index contributed by atoms with van der Waals surface area (Å²) in [5.41, 5.74) is 0.983. The molecule has 2 heterocycles. The molecule has 102 valence electrons. The number of esters is 1. The molecule has 1 aromatic carbocycles. The van der Waals surface area contributed by atoms with Crippen LogP contribution < -0.4 is 5.32 Å². The van der Waals surface area contributed by atoms with Crippen LogP contribution in [0, 0.1) is 0 Å². The Morgan fingerprint density at radius 2 is 2.05 bits per heavy atom. The number of hydrogen-bond donors (Lipinski definition) is 1. The molecule has 0 amide bonds. The molecule has 1 spiro atoms. The number of carbonyl (C=O) groups is 1. The Morgan fingerprint density at radius 1 is 1.32 bits per heavy atom. The molecule has 5 nitrogen and oxygen atoms in total. The lowest BCUT2D eigenvalue weighted by Crippen LogP contribution is -2.32. The molecular formula is C14H17NO4. The van der Waals surface area contributed by atoms with E-state index in [4.69, 9.17) is 14.2 Å². The molecule has 2 fully saturated rings. The summed E-state index contributed by atoms with van der Waals surface area (Å²) in [6, 6.07) is 9.29. The highest BCUT2D eigenvalue weighted by Crippen LogP contribution is 2.29. The van der Waals surface area contributed by atoms with Gasteiger partial charge >= 0.3 is 5.97 Å². The number of carbonyl (C=O) groups excluding carboxylic acids is 1. The summed E-state index contributed by atoms with van der Waals surface area (Å²) in [6.45, 7) is 2.02. The zero-order valence-corrected chi connectivity index (χ0v) is 10.6. The number of benzene rings is 1. The van der Waals surface area contributed by atoms with Gasteiger partial charge in [0, 0.05) is 6.42 Å². The van der Waals surface area contributed by atoms with Gasteiger partial charge < -0.3 is 14.2 Å². The summed E-state index contributed by atoms with van der Waals surface area (Å²) >= 11 is 0. The van der Waals surface area contributed by atoms with Gasteiger partial charge in [0.15, 0.2) is 5.79 Å². The fourth-order valence-electron chi connectivity index (χ4n) is 2.45. The molecule has 3 rings (SSSR count). The Kier molecular flexibility index (Phi) is 3.50. The maximum atomic E-state index is 12.0. The van der Waals surface area contributed by atoms with Crippen molar-refractivity contribution in [1.82, 2.24) is 5.32 Å². The van der Waals surface area contributed by atoms with Gasteiger partial charge in [-0.3, -0.25) is 10.1 Å². The number of hydrogen-bond acceptors (Lipinski definition) is 5. The maximum absolute atomic E-state index is 12.0. The standard InChI is InChI=1S/C14H17NO4/c16-13(17-9-11-4-2-1-3-5-11)12-8-14(10-15-12)18-6-7-19-14/h1-5,12,15H,6-10H2/t12-/m0/s1. The quantitative estimate of drug-likeness (QED) is 0.819. The molecule has 0 unspecified atom stereocenters. The molecule has 1 aromatic rings. The van der Waals surface area contributed by atoms with Crippen molar-refractivity contribution in [3.05, 3.63) is 35.9 Å². The number of rotatable bonds is 3. The van der Waals surface area contributed by atoms with E-state index in [0.29, 0.717) is 32.8 Å². The minimum atomic E-state index is -0.615. The fraction of sp³-hybridized carbons (Fsp3) is 0.500. The highest BCUT2D eigenvalue weighted by atomic mass is 16.7. The first-order valence-corrected chi connectivity index (χ1v) is 6.49. The first-order valence-electron chi connectivity index (χ1n) is 6.49. The van der Waals surface area contributed by atoms with Gasteiger partial charge in [-0.1, -0.05) is 30.3 Å². The van der Waals surface area contributed by atoms with Crippen LogP contribution in [0.15, 0.2) is 30.3 Å². The summed E-state index contributed by atoms with van der Waals surface area (Å²) in [7, 11) is 0. The van der Waals surface area contributed by atoms with Crippen LogP contribution in [-0.2, 0) is 25.6 Å². The smallest absolute Gasteiger partial charge is 0.323 e. The highest BCUT2D eigenvalue weighted by Gasteiger charge is 2.46. The van der Waals surface area contributed by atoms with Gasteiger partial charge in [-0.05, 0) is 5.56 Å². The van der Waals surface area contributed by atoms with E-state index in [1.54, 1.807) is 0 Å². The second kappa shape index (κ2) is 5.28. The third kappa shape index (κ3) is 2.78. The van der Waals surface area contributed by atoms with Crippen molar-refractivity contribution in [3.8, 4) is 0 Å². The predicted octanol–water partition coefficient (Wildman–Crippen LogP) is 0.835. The lowest BCUT2D eigenvalue weighted by Gasteiger charge is -2.19. The summed E-state index contributed by atoms with van der Waals surface area (Å²) in [5, 5.41) is 3.10. The second-order valence-corrected chi connectivity index (χ2v) is 4.84. The molecule has 2 aliphatic rings. The maximum Gasteiger partial charge on any atom is 0.323 e. The van der Waals surface area contributed by atoms with E-state index in [0.717, 1.165) is 5.56 Å². The molecule has 1 atom stereocenters. The predicted molar refractivity (Wildman–Crippen MR) is 67.3 cm³/mol. The molecular weight excluding hydrogens is 246 g/mol. The molecule has 2 saturated heterocycles. The van der Waals surface area contributed by atoms with Crippen molar-refractivity contribution in [2.24, 2.45) is 0 Å². The largest absolute Gasteiger partial charge is 0.460 e. The molecule has 19 heavy (non-hydrogen) atoms. The van der Waals surface area contributed by atoms with Crippen molar-refractivity contribution < 1.29 is 19.0 Å². The first-order chi connectivity index (χ1) is 9.27. The summed E-state index contributed by atoms with van der Waals surface area (Å²) in [4.78, 5) is 12.0. The fourth-order valence-corrected chi connectivity index (χ4v) is 2.45. The van der Waals surface area contributed by atoms with E-state index >= 15 is 0 Å². The summed E-state index contributed by atoms with van der Waals surface area (Å²) < 4.78 is 16.4. The van der Waals surface area contributed by atoms with Crippen LogP contribution in [0.1, 0.15) is 12.0 Å². The number of nitrogens with one attached hydrogen (secondary N) is 1. The van der Waals surface area contributed by atoms with E-state index in [9.17, 15) is 4.79 Å². The Balaban J connectivity index is 1.51. The zero-order valence-electron chi connectivity index (χ0n) is 10.6. The van der Waals surface area contributed by atoms with Crippen molar-refractivity contribution in [2.45, 2.75) is 24.9 Å². The van der Waals surface area contributed by atoms with Crippen LogP contribution >= 0.6 is 0 Å². The average molecular weight is 263 g/mol. The van der Waals surface area contributed by atoms with Gasteiger partial charge in [-0.2, -0.15) is 0 Å². The van der Waals surface area contributed by atoms with Crippen molar-refractivity contribution in [1.29, 1.82) is 0 Å². The first kappa shape index (κ1) is 12.6. The third-order valence-corrected chi connectivity index (χ3v) is 3.45. The van der Waals surface area contributed by atoms with Gasteiger partial charge in [0.1, 0.15) is 12.6 Å². The van der Waals surface area contributed by atoms with Crippen LogP contribution in [0.4, 0.5) is 0 Å². The minimum absolute atomic E-state index is 0.250. The highest BCUT2D eigenvalue weighted by molar-refractivity contribution is 5.76. The molecule has 5 heteroatoms. The molecule has 1 N–H and O–H groups in total. The van der Waals surface area contributed by atoms with E-state index in [2.05, 4.69) is 5.32 Å².